The molecule has 1 aromatic heterocycles. The molecule has 0 saturated heterocycles. The second-order valence-electron chi connectivity index (χ2n) is 8.67. The molecule has 0 aliphatic heterocycles. The first-order chi connectivity index (χ1) is 15.4. The molecule has 1 amide bonds. The molecule has 0 radical (unpaired) electrons. The summed E-state index contributed by atoms with van der Waals surface area (Å²) in [5, 5.41) is 7.11. The van der Waals surface area contributed by atoms with Crippen LogP contribution in [0.25, 0.3) is 11.4 Å². The van der Waals surface area contributed by atoms with Crippen molar-refractivity contribution in [3.05, 3.63) is 71.1 Å². The molecular weight excluding hydrogens is 400 g/mol. The van der Waals surface area contributed by atoms with Gasteiger partial charge >= 0.3 is 0 Å². The second-order valence-corrected chi connectivity index (χ2v) is 8.67. The molecule has 3 rings (SSSR count). The van der Waals surface area contributed by atoms with Crippen LogP contribution in [0.2, 0.25) is 0 Å². The number of aromatic nitrogens is 2. The topological polar surface area (TPSA) is 71.3 Å². The van der Waals surface area contributed by atoms with E-state index >= 15 is 0 Å². The van der Waals surface area contributed by atoms with Crippen molar-refractivity contribution in [2.75, 3.05) is 20.6 Å². The van der Waals surface area contributed by atoms with Crippen LogP contribution in [0.4, 0.5) is 0 Å². The monoisotopic (exact) mass is 434 g/mol. The molecule has 32 heavy (non-hydrogen) atoms. The number of carbonyl (C=O) groups excluding carboxylic acids is 1. The summed E-state index contributed by atoms with van der Waals surface area (Å²) in [6.45, 7) is 7.02. The van der Waals surface area contributed by atoms with Crippen molar-refractivity contribution in [1.29, 1.82) is 0 Å². The molecular formula is C26H34N4O2. The molecule has 0 fully saturated rings. The van der Waals surface area contributed by atoms with Gasteiger partial charge in [0.1, 0.15) is 0 Å². The van der Waals surface area contributed by atoms with Crippen LogP contribution < -0.4 is 5.32 Å². The maximum atomic E-state index is 12.4. The fraction of sp³-hybridized carbons (Fsp3) is 0.423. The van der Waals surface area contributed by atoms with Gasteiger partial charge in [0.25, 0.3) is 0 Å². The predicted octanol–water partition coefficient (Wildman–Crippen LogP) is 4.77. The highest BCUT2D eigenvalue weighted by atomic mass is 16.5. The summed E-state index contributed by atoms with van der Waals surface area (Å²) < 4.78 is 5.35. The number of amides is 1. The average Bonchev–Trinajstić information content (AvgIpc) is 3.27. The number of likely N-dealkylation sites (N-methyl/N-ethyl adjacent to an activating group) is 1. The minimum atomic E-state index is -0.0249. The number of hydrogen-bond acceptors (Lipinski definition) is 5. The SMILES string of the molecule is CCc1ccc(C(CNC(=O)CCc2nc(-c3ccc(C(C)C)cc3)no2)N(C)C)cc1. The van der Waals surface area contributed by atoms with Gasteiger partial charge in [-0.25, -0.2) is 0 Å². The fourth-order valence-electron chi connectivity index (χ4n) is 3.58. The molecule has 0 aliphatic carbocycles. The molecule has 0 spiro atoms. The third-order valence-corrected chi connectivity index (χ3v) is 5.76. The highest BCUT2D eigenvalue weighted by molar-refractivity contribution is 5.76. The molecule has 0 saturated carbocycles. The molecule has 6 nitrogen and oxygen atoms in total. The lowest BCUT2D eigenvalue weighted by Crippen LogP contribution is -2.34. The van der Waals surface area contributed by atoms with Gasteiger partial charge in [-0.05, 0) is 43.1 Å². The third kappa shape index (κ3) is 6.26. The molecule has 2 aromatic carbocycles. The van der Waals surface area contributed by atoms with Gasteiger partial charge in [0, 0.05) is 24.9 Å². The summed E-state index contributed by atoms with van der Waals surface area (Å²) in [4.78, 5) is 19.0. The molecule has 0 aliphatic rings. The van der Waals surface area contributed by atoms with Gasteiger partial charge < -0.3 is 14.7 Å². The molecule has 170 valence electrons. The van der Waals surface area contributed by atoms with Crippen LogP contribution in [0.1, 0.15) is 61.7 Å². The Morgan fingerprint density at radius 1 is 1.03 bits per heavy atom. The summed E-state index contributed by atoms with van der Waals surface area (Å²) in [7, 11) is 4.05. The van der Waals surface area contributed by atoms with Crippen molar-refractivity contribution in [3.8, 4) is 11.4 Å². The van der Waals surface area contributed by atoms with E-state index in [1.54, 1.807) is 0 Å². The molecule has 6 heteroatoms. The molecule has 0 bridgehead atoms. The van der Waals surface area contributed by atoms with E-state index in [1.165, 1.54) is 16.7 Å². The van der Waals surface area contributed by atoms with Gasteiger partial charge in [0.15, 0.2) is 0 Å². The molecule has 3 aromatic rings. The van der Waals surface area contributed by atoms with E-state index in [-0.39, 0.29) is 11.9 Å². The van der Waals surface area contributed by atoms with Crippen LogP contribution in [-0.4, -0.2) is 41.6 Å². The first-order valence-corrected chi connectivity index (χ1v) is 11.3. The zero-order valence-electron chi connectivity index (χ0n) is 19.8. The van der Waals surface area contributed by atoms with Crippen LogP contribution in [0.3, 0.4) is 0 Å². The van der Waals surface area contributed by atoms with Crippen LogP contribution in [0.15, 0.2) is 53.1 Å². The summed E-state index contributed by atoms with van der Waals surface area (Å²) >= 11 is 0. The van der Waals surface area contributed by atoms with E-state index < -0.39 is 0 Å². The van der Waals surface area contributed by atoms with Crippen molar-refractivity contribution >= 4 is 5.91 Å². The number of nitrogens with zero attached hydrogens (tertiary/aromatic N) is 3. The summed E-state index contributed by atoms with van der Waals surface area (Å²) in [6, 6.07) is 16.9. The van der Waals surface area contributed by atoms with Gasteiger partial charge in [-0.2, -0.15) is 4.98 Å². The van der Waals surface area contributed by atoms with Gasteiger partial charge in [0.2, 0.25) is 17.6 Å². The van der Waals surface area contributed by atoms with E-state index in [2.05, 4.69) is 77.5 Å². The van der Waals surface area contributed by atoms with Crippen LogP contribution in [0, 0.1) is 0 Å². The maximum absolute atomic E-state index is 12.4. The minimum Gasteiger partial charge on any atom is -0.354 e. The number of benzene rings is 2. The Hall–Kier alpha value is -2.99. The highest BCUT2D eigenvalue weighted by Crippen LogP contribution is 2.21. The predicted molar refractivity (Wildman–Crippen MR) is 127 cm³/mol. The van der Waals surface area contributed by atoms with E-state index in [1.807, 2.05) is 26.2 Å². The van der Waals surface area contributed by atoms with E-state index in [4.69, 9.17) is 4.52 Å². The highest BCUT2D eigenvalue weighted by Gasteiger charge is 2.16. The number of carbonyl (C=O) groups is 1. The first-order valence-electron chi connectivity index (χ1n) is 11.3. The number of aryl methyl sites for hydroxylation is 2. The van der Waals surface area contributed by atoms with E-state index in [0.717, 1.165) is 12.0 Å². The summed E-state index contributed by atoms with van der Waals surface area (Å²) in [6.07, 6.45) is 1.74. The Balaban J connectivity index is 1.52. The number of rotatable bonds is 10. The lowest BCUT2D eigenvalue weighted by molar-refractivity contribution is -0.121. The maximum Gasteiger partial charge on any atom is 0.227 e. The van der Waals surface area contributed by atoms with Gasteiger partial charge in [-0.1, -0.05) is 74.5 Å². The van der Waals surface area contributed by atoms with Crippen molar-refractivity contribution in [3.63, 3.8) is 0 Å². The molecule has 1 heterocycles. The van der Waals surface area contributed by atoms with E-state index in [0.29, 0.717) is 37.0 Å². The fourth-order valence-corrected chi connectivity index (χ4v) is 3.58. The zero-order valence-corrected chi connectivity index (χ0v) is 19.8. The van der Waals surface area contributed by atoms with Gasteiger partial charge in [-0.15, -0.1) is 0 Å². The molecule has 1 atom stereocenters. The Kier molecular flexibility index (Phi) is 8.17. The van der Waals surface area contributed by atoms with Gasteiger partial charge in [0.05, 0.1) is 6.04 Å². The van der Waals surface area contributed by atoms with Crippen molar-refractivity contribution < 1.29 is 9.32 Å². The van der Waals surface area contributed by atoms with E-state index in [9.17, 15) is 4.79 Å². The minimum absolute atomic E-state index is 0.0249. The second kappa shape index (κ2) is 11.0. The Bertz CT molecular complexity index is 991. The van der Waals surface area contributed by atoms with Crippen LogP contribution in [-0.2, 0) is 17.6 Å². The average molecular weight is 435 g/mol. The zero-order chi connectivity index (χ0) is 23.1. The van der Waals surface area contributed by atoms with Crippen LogP contribution in [0.5, 0.6) is 0 Å². The van der Waals surface area contributed by atoms with Gasteiger partial charge in [-0.3, -0.25) is 4.79 Å². The quantitative estimate of drug-likeness (QED) is 0.497. The van der Waals surface area contributed by atoms with Crippen molar-refractivity contribution in [2.24, 2.45) is 0 Å². The summed E-state index contributed by atoms with van der Waals surface area (Å²) in [5.41, 5.74) is 4.69. The molecule has 1 N–H and O–H groups in total. The Labute approximate surface area is 191 Å². The lowest BCUT2D eigenvalue weighted by atomic mass is 10.0. The normalized spacial score (nSPS) is 12.3. The van der Waals surface area contributed by atoms with Crippen LogP contribution >= 0.6 is 0 Å². The largest absolute Gasteiger partial charge is 0.354 e. The lowest BCUT2D eigenvalue weighted by Gasteiger charge is -2.25. The Morgan fingerprint density at radius 2 is 1.69 bits per heavy atom. The standard InChI is InChI=1S/C26H34N4O2/c1-6-19-7-9-21(10-8-19)23(30(4)5)17-27-24(31)15-16-25-28-26(29-32-25)22-13-11-20(12-14-22)18(2)3/h7-14,18,23H,6,15-17H2,1-5H3,(H,27,31). The summed E-state index contributed by atoms with van der Waals surface area (Å²) in [5.74, 6) is 1.48. The number of nitrogens with one attached hydrogen (secondary N) is 1. The smallest absolute Gasteiger partial charge is 0.227 e. The first kappa shape index (κ1) is 23.7. The number of hydrogen-bond donors (Lipinski definition) is 1. The van der Waals surface area contributed by atoms with Crippen molar-refractivity contribution in [1.82, 2.24) is 20.4 Å². The Morgan fingerprint density at radius 3 is 2.28 bits per heavy atom. The van der Waals surface area contributed by atoms with Crippen molar-refractivity contribution in [2.45, 2.75) is 52.0 Å². The molecule has 1 unspecified atom stereocenters. The third-order valence-electron chi connectivity index (χ3n) is 5.76.